The van der Waals surface area contributed by atoms with Crippen LogP contribution in [0.15, 0.2) is 59.5 Å². The second kappa shape index (κ2) is 7.23. The smallest absolute Gasteiger partial charge is 0.261 e. The number of likely N-dealkylation sites (N-methyl/N-ethyl adjacent to an activating group) is 1. The molecule has 0 saturated carbocycles. The van der Waals surface area contributed by atoms with Crippen molar-refractivity contribution in [2.45, 2.75) is 11.8 Å². The molecule has 2 aromatic rings. The largest absolute Gasteiger partial charge is 0.359 e. The molecule has 0 amide bonds. The van der Waals surface area contributed by atoms with Crippen molar-refractivity contribution in [3.05, 3.63) is 54.6 Å². The van der Waals surface area contributed by atoms with Crippen LogP contribution in [0.1, 0.15) is 6.92 Å². The first-order valence-electron chi connectivity index (χ1n) is 8.35. The molecular weight excluding hydrogens is 322 g/mol. The van der Waals surface area contributed by atoms with Gasteiger partial charge in [-0.2, -0.15) is 0 Å². The molecule has 1 fully saturated rings. The van der Waals surface area contributed by atoms with Gasteiger partial charge in [-0.3, -0.25) is 4.72 Å². The lowest BCUT2D eigenvalue weighted by molar-refractivity contribution is -0.898. The normalized spacial score (nSPS) is 16.1. The van der Waals surface area contributed by atoms with Gasteiger partial charge in [-0.15, -0.1) is 0 Å². The average molecular weight is 346 g/mol. The van der Waals surface area contributed by atoms with E-state index in [0.29, 0.717) is 5.69 Å². The standard InChI is InChI=1S/C18H23N3O2S/c1-2-20-12-14-21(15-13-20)18-11-7-6-10-17(18)19-24(22,23)16-8-4-3-5-9-16/h3-11,19H,2,12-15H2,1H3/p+1. The minimum atomic E-state index is -3.57. The summed E-state index contributed by atoms with van der Waals surface area (Å²) in [6.07, 6.45) is 0. The van der Waals surface area contributed by atoms with Crippen molar-refractivity contribution in [1.82, 2.24) is 0 Å². The van der Waals surface area contributed by atoms with E-state index in [9.17, 15) is 8.42 Å². The third kappa shape index (κ3) is 3.71. The van der Waals surface area contributed by atoms with E-state index in [4.69, 9.17) is 0 Å². The number of nitrogens with one attached hydrogen (secondary N) is 2. The maximum atomic E-state index is 12.6. The summed E-state index contributed by atoms with van der Waals surface area (Å²) < 4.78 is 28.0. The molecule has 0 atom stereocenters. The number of benzene rings is 2. The van der Waals surface area contributed by atoms with Gasteiger partial charge in [-0.25, -0.2) is 8.42 Å². The number of piperazine rings is 1. The molecule has 2 aromatic carbocycles. The van der Waals surface area contributed by atoms with Crippen molar-refractivity contribution in [3.63, 3.8) is 0 Å². The third-order valence-corrected chi connectivity index (χ3v) is 5.89. The number of rotatable bonds is 5. The molecule has 2 N–H and O–H groups in total. The number of anilines is 2. The molecule has 1 aliphatic heterocycles. The number of nitrogens with zero attached hydrogens (tertiary/aromatic N) is 1. The quantitative estimate of drug-likeness (QED) is 0.856. The van der Waals surface area contributed by atoms with Gasteiger partial charge in [0, 0.05) is 0 Å². The third-order valence-electron chi connectivity index (χ3n) is 4.51. The van der Waals surface area contributed by atoms with Crippen molar-refractivity contribution in [2.24, 2.45) is 0 Å². The van der Waals surface area contributed by atoms with Gasteiger partial charge in [0.05, 0.1) is 49.0 Å². The van der Waals surface area contributed by atoms with Crippen LogP contribution in [0.4, 0.5) is 11.4 Å². The molecule has 0 spiro atoms. The summed E-state index contributed by atoms with van der Waals surface area (Å²) in [5.74, 6) is 0. The first kappa shape index (κ1) is 16.8. The minimum absolute atomic E-state index is 0.278. The lowest BCUT2D eigenvalue weighted by Gasteiger charge is -2.34. The molecule has 6 heteroatoms. The van der Waals surface area contributed by atoms with E-state index in [1.54, 1.807) is 29.2 Å². The van der Waals surface area contributed by atoms with Gasteiger partial charge >= 0.3 is 0 Å². The fourth-order valence-corrected chi connectivity index (χ4v) is 4.15. The molecule has 0 unspecified atom stereocenters. The van der Waals surface area contributed by atoms with Gasteiger partial charge in [0.25, 0.3) is 10.0 Å². The summed E-state index contributed by atoms with van der Waals surface area (Å²) in [6, 6.07) is 16.1. The molecule has 3 rings (SSSR count). The Morgan fingerprint density at radius 2 is 1.62 bits per heavy atom. The monoisotopic (exact) mass is 346 g/mol. The highest BCUT2D eigenvalue weighted by atomic mass is 32.2. The Morgan fingerprint density at radius 3 is 2.29 bits per heavy atom. The SMILES string of the molecule is CC[NH+]1CCN(c2ccccc2NS(=O)(=O)c2ccccc2)CC1. The van der Waals surface area contributed by atoms with E-state index in [0.717, 1.165) is 38.4 Å². The van der Waals surface area contributed by atoms with Gasteiger partial charge in [0.1, 0.15) is 0 Å². The van der Waals surface area contributed by atoms with E-state index in [-0.39, 0.29) is 4.90 Å². The summed E-state index contributed by atoms with van der Waals surface area (Å²) >= 11 is 0. The highest BCUT2D eigenvalue weighted by Crippen LogP contribution is 2.27. The molecule has 128 valence electrons. The molecule has 0 bridgehead atoms. The Bertz CT molecular complexity index is 770. The summed E-state index contributed by atoms with van der Waals surface area (Å²) in [4.78, 5) is 4.13. The Hall–Kier alpha value is -2.05. The van der Waals surface area contributed by atoms with Crippen molar-refractivity contribution >= 4 is 21.4 Å². The van der Waals surface area contributed by atoms with Crippen LogP contribution in [0, 0.1) is 0 Å². The van der Waals surface area contributed by atoms with Crippen LogP contribution in [-0.2, 0) is 10.0 Å². The highest BCUT2D eigenvalue weighted by Gasteiger charge is 2.22. The van der Waals surface area contributed by atoms with Gasteiger partial charge in [-0.05, 0) is 31.2 Å². The van der Waals surface area contributed by atoms with E-state index in [1.165, 1.54) is 0 Å². The van der Waals surface area contributed by atoms with E-state index >= 15 is 0 Å². The average Bonchev–Trinajstić information content (AvgIpc) is 2.63. The van der Waals surface area contributed by atoms with Crippen LogP contribution in [0.25, 0.3) is 0 Å². The van der Waals surface area contributed by atoms with Crippen molar-refractivity contribution in [3.8, 4) is 0 Å². The first-order valence-corrected chi connectivity index (χ1v) is 9.84. The number of hydrogen-bond donors (Lipinski definition) is 2. The van der Waals surface area contributed by atoms with Crippen LogP contribution in [-0.4, -0.2) is 41.1 Å². The molecule has 1 saturated heterocycles. The maximum absolute atomic E-state index is 12.6. The van der Waals surface area contributed by atoms with Gasteiger partial charge in [0.15, 0.2) is 0 Å². The van der Waals surface area contributed by atoms with Crippen molar-refractivity contribution < 1.29 is 13.3 Å². The molecule has 0 radical (unpaired) electrons. The van der Waals surface area contributed by atoms with Crippen LogP contribution in [0.2, 0.25) is 0 Å². The number of sulfonamides is 1. The lowest BCUT2D eigenvalue weighted by atomic mass is 10.2. The van der Waals surface area contributed by atoms with Gasteiger partial charge < -0.3 is 9.80 Å². The fraction of sp³-hybridized carbons (Fsp3) is 0.333. The van der Waals surface area contributed by atoms with E-state index in [2.05, 4.69) is 16.5 Å². The zero-order chi connectivity index (χ0) is 17.0. The Morgan fingerprint density at radius 1 is 1.00 bits per heavy atom. The maximum Gasteiger partial charge on any atom is 0.261 e. The number of hydrogen-bond acceptors (Lipinski definition) is 3. The molecular formula is C18H24N3O2S+. The topological polar surface area (TPSA) is 53.9 Å². The highest BCUT2D eigenvalue weighted by molar-refractivity contribution is 7.92. The predicted molar refractivity (Wildman–Crippen MR) is 97.1 cm³/mol. The van der Waals surface area contributed by atoms with E-state index in [1.807, 2.05) is 30.3 Å². The second-order valence-corrected chi connectivity index (χ2v) is 7.71. The molecule has 1 aliphatic rings. The summed E-state index contributed by atoms with van der Waals surface area (Å²) in [7, 11) is -3.57. The zero-order valence-corrected chi connectivity index (χ0v) is 14.7. The van der Waals surface area contributed by atoms with Crippen LogP contribution in [0.3, 0.4) is 0 Å². The molecule has 0 aliphatic carbocycles. The zero-order valence-electron chi connectivity index (χ0n) is 13.9. The van der Waals surface area contributed by atoms with Crippen LogP contribution >= 0.6 is 0 Å². The minimum Gasteiger partial charge on any atom is -0.359 e. The van der Waals surface area contributed by atoms with Crippen LogP contribution < -0.4 is 14.5 Å². The van der Waals surface area contributed by atoms with Crippen molar-refractivity contribution in [2.75, 3.05) is 42.3 Å². The Balaban J connectivity index is 1.83. The van der Waals surface area contributed by atoms with Crippen LogP contribution in [0.5, 0.6) is 0 Å². The fourth-order valence-electron chi connectivity index (χ4n) is 3.06. The van der Waals surface area contributed by atoms with Crippen molar-refractivity contribution in [1.29, 1.82) is 0 Å². The molecule has 1 heterocycles. The predicted octanol–water partition coefficient (Wildman–Crippen LogP) is 1.21. The number of quaternary nitrogens is 1. The second-order valence-electron chi connectivity index (χ2n) is 6.03. The number of para-hydroxylation sites is 2. The van der Waals surface area contributed by atoms with Gasteiger partial charge in [0.2, 0.25) is 0 Å². The molecule has 5 nitrogen and oxygen atoms in total. The Labute approximate surface area is 144 Å². The summed E-state index contributed by atoms with van der Waals surface area (Å²) in [6.45, 7) is 7.37. The molecule has 24 heavy (non-hydrogen) atoms. The van der Waals surface area contributed by atoms with E-state index < -0.39 is 10.0 Å². The lowest BCUT2D eigenvalue weighted by Crippen LogP contribution is -3.14. The van der Waals surface area contributed by atoms with Gasteiger partial charge in [-0.1, -0.05) is 30.3 Å². The first-order chi connectivity index (χ1) is 11.6. The summed E-state index contributed by atoms with van der Waals surface area (Å²) in [5, 5.41) is 0. The Kier molecular flexibility index (Phi) is 5.06. The summed E-state index contributed by atoms with van der Waals surface area (Å²) in [5.41, 5.74) is 1.59. The molecule has 0 aromatic heterocycles.